The Morgan fingerprint density at radius 2 is 1.82 bits per heavy atom. The second kappa shape index (κ2) is 6.05. The Kier molecular flexibility index (Phi) is 5.00. The maximum absolute atomic E-state index is 5.82. The summed E-state index contributed by atoms with van der Waals surface area (Å²) in [7, 11) is 0. The summed E-state index contributed by atoms with van der Waals surface area (Å²) < 4.78 is 0. The van der Waals surface area contributed by atoms with Gasteiger partial charge in [-0.1, -0.05) is 39.3 Å². The third-order valence-corrected chi connectivity index (χ3v) is 3.14. The van der Waals surface area contributed by atoms with Crippen LogP contribution in [0.4, 0.5) is 11.8 Å². The maximum atomic E-state index is 5.82. The van der Waals surface area contributed by atoms with Crippen molar-refractivity contribution in [1.82, 2.24) is 9.97 Å². The number of hydrogen-bond acceptors (Lipinski definition) is 4. The van der Waals surface area contributed by atoms with Crippen LogP contribution in [0.1, 0.15) is 27.7 Å². The molecule has 0 fully saturated rings. The van der Waals surface area contributed by atoms with Crippen LogP contribution in [0, 0.1) is 17.8 Å². The zero-order valence-electron chi connectivity index (χ0n) is 10.9. The number of aromatic nitrogens is 2. The largest absolute Gasteiger partial charge is 0.370 e. The van der Waals surface area contributed by atoms with Crippen LogP contribution in [-0.4, -0.2) is 16.5 Å². The van der Waals surface area contributed by atoms with Crippen LogP contribution in [0.2, 0.25) is 5.15 Å². The number of hydrogen-bond donors (Lipinski definition) is 2. The van der Waals surface area contributed by atoms with E-state index < -0.39 is 0 Å². The third-order valence-electron chi connectivity index (χ3n) is 2.94. The van der Waals surface area contributed by atoms with Crippen molar-refractivity contribution in [2.24, 2.45) is 17.8 Å². The zero-order chi connectivity index (χ0) is 13.0. The van der Waals surface area contributed by atoms with Gasteiger partial charge in [0.1, 0.15) is 11.0 Å². The molecule has 0 amide bonds. The molecule has 1 aromatic heterocycles. The van der Waals surface area contributed by atoms with Crippen LogP contribution in [0.15, 0.2) is 6.07 Å². The predicted molar refractivity (Wildman–Crippen MR) is 73.1 cm³/mol. The number of nitrogen functional groups attached to an aromatic ring is 1. The summed E-state index contributed by atoms with van der Waals surface area (Å²) in [6, 6.07) is 1.69. The number of rotatable bonds is 5. The van der Waals surface area contributed by atoms with Gasteiger partial charge in [0.15, 0.2) is 0 Å². The highest BCUT2D eigenvalue weighted by Crippen LogP contribution is 2.21. The van der Waals surface area contributed by atoms with Gasteiger partial charge in [0.2, 0.25) is 5.95 Å². The Balaban J connectivity index is 2.65. The molecule has 17 heavy (non-hydrogen) atoms. The van der Waals surface area contributed by atoms with Gasteiger partial charge in [0.25, 0.3) is 0 Å². The lowest BCUT2D eigenvalue weighted by Gasteiger charge is -2.25. The van der Waals surface area contributed by atoms with E-state index in [-0.39, 0.29) is 5.95 Å². The molecule has 0 unspecified atom stereocenters. The van der Waals surface area contributed by atoms with Crippen LogP contribution < -0.4 is 11.1 Å². The van der Waals surface area contributed by atoms with E-state index >= 15 is 0 Å². The predicted octanol–water partition coefficient (Wildman–Crippen LogP) is 3.05. The van der Waals surface area contributed by atoms with Gasteiger partial charge < -0.3 is 11.1 Å². The minimum absolute atomic E-state index is 0.200. The van der Waals surface area contributed by atoms with E-state index in [1.807, 2.05) is 0 Å². The molecule has 0 bridgehead atoms. The molecule has 1 heterocycles. The van der Waals surface area contributed by atoms with E-state index in [1.54, 1.807) is 6.07 Å². The fraction of sp³-hybridized carbons (Fsp3) is 0.667. The quantitative estimate of drug-likeness (QED) is 0.795. The van der Waals surface area contributed by atoms with Crippen molar-refractivity contribution in [3.63, 3.8) is 0 Å². The molecule has 0 aliphatic carbocycles. The van der Waals surface area contributed by atoms with Crippen LogP contribution in [0.3, 0.4) is 0 Å². The number of halogens is 1. The molecular formula is C12H21ClN4. The highest BCUT2D eigenvalue weighted by Gasteiger charge is 2.17. The van der Waals surface area contributed by atoms with Gasteiger partial charge in [0, 0.05) is 12.6 Å². The first-order chi connectivity index (χ1) is 7.90. The first-order valence-corrected chi connectivity index (χ1v) is 6.32. The lowest BCUT2D eigenvalue weighted by atomic mass is 9.85. The molecule has 0 radical (unpaired) electrons. The van der Waals surface area contributed by atoms with Crippen molar-refractivity contribution in [3.05, 3.63) is 11.2 Å². The van der Waals surface area contributed by atoms with E-state index in [1.165, 1.54) is 0 Å². The molecule has 0 aliphatic heterocycles. The molecule has 5 heteroatoms. The van der Waals surface area contributed by atoms with Gasteiger partial charge in [-0.25, -0.2) is 4.98 Å². The first kappa shape index (κ1) is 14.0. The summed E-state index contributed by atoms with van der Waals surface area (Å²) in [5.41, 5.74) is 5.54. The second-order valence-electron chi connectivity index (χ2n) is 4.97. The van der Waals surface area contributed by atoms with E-state index in [0.29, 0.717) is 28.7 Å². The Bertz CT molecular complexity index is 337. The highest BCUT2D eigenvalue weighted by molar-refractivity contribution is 6.29. The molecule has 0 atom stereocenters. The zero-order valence-corrected chi connectivity index (χ0v) is 11.6. The van der Waals surface area contributed by atoms with E-state index in [0.717, 1.165) is 6.54 Å². The number of nitrogens with one attached hydrogen (secondary N) is 1. The minimum Gasteiger partial charge on any atom is -0.370 e. The van der Waals surface area contributed by atoms with Gasteiger partial charge >= 0.3 is 0 Å². The Morgan fingerprint density at radius 3 is 2.29 bits per heavy atom. The van der Waals surface area contributed by atoms with E-state index in [9.17, 15) is 0 Å². The second-order valence-corrected chi connectivity index (χ2v) is 5.35. The molecule has 1 rings (SSSR count). The normalized spacial score (nSPS) is 11.5. The Labute approximate surface area is 108 Å². The molecule has 1 aromatic rings. The van der Waals surface area contributed by atoms with E-state index in [2.05, 4.69) is 43.0 Å². The standard InChI is InChI=1S/C12H21ClN4/c1-7(2)9(8(3)4)6-15-11-5-10(13)16-12(14)17-11/h5,7-9H,6H2,1-4H3,(H3,14,15,16,17). The van der Waals surface area contributed by atoms with Crippen molar-refractivity contribution in [2.75, 3.05) is 17.6 Å². The van der Waals surface area contributed by atoms with Crippen molar-refractivity contribution >= 4 is 23.4 Å². The average Bonchev–Trinajstić information content (AvgIpc) is 2.14. The van der Waals surface area contributed by atoms with Gasteiger partial charge in [-0.15, -0.1) is 0 Å². The number of nitrogens with zero attached hydrogens (tertiary/aromatic N) is 2. The summed E-state index contributed by atoms with van der Waals surface area (Å²) in [5, 5.41) is 3.64. The Hall–Kier alpha value is -1.03. The van der Waals surface area contributed by atoms with Crippen LogP contribution in [0.25, 0.3) is 0 Å². The third kappa shape index (κ3) is 4.38. The Morgan fingerprint density at radius 1 is 1.24 bits per heavy atom. The van der Waals surface area contributed by atoms with E-state index in [4.69, 9.17) is 17.3 Å². The molecule has 0 spiro atoms. The van der Waals surface area contributed by atoms with Crippen LogP contribution in [-0.2, 0) is 0 Å². The maximum Gasteiger partial charge on any atom is 0.223 e. The van der Waals surface area contributed by atoms with Crippen molar-refractivity contribution in [2.45, 2.75) is 27.7 Å². The molecule has 0 aromatic carbocycles. The molecule has 4 nitrogen and oxygen atoms in total. The topological polar surface area (TPSA) is 63.8 Å². The van der Waals surface area contributed by atoms with Crippen molar-refractivity contribution < 1.29 is 0 Å². The molecular weight excluding hydrogens is 236 g/mol. The molecule has 3 N–H and O–H groups in total. The smallest absolute Gasteiger partial charge is 0.223 e. The van der Waals surface area contributed by atoms with Gasteiger partial charge in [0.05, 0.1) is 0 Å². The fourth-order valence-corrected chi connectivity index (χ4v) is 2.18. The van der Waals surface area contributed by atoms with Crippen LogP contribution >= 0.6 is 11.6 Å². The molecule has 0 aliphatic rings. The average molecular weight is 257 g/mol. The monoisotopic (exact) mass is 256 g/mol. The highest BCUT2D eigenvalue weighted by atomic mass is 35.5. The minimum atomic E-state index is 0.200. The van der Waals surface area contributed by atoms with Crippen molar-refractivity contribution in [1.29, 1.82) is 0 Å². The van der Waals surface area contributed by atoms with Gasteiger partial charge in [-0.3, -0.25) is 0 Å². The summed E-state index contributed by atoms with van der Waals surface area (Å²) in [6.07, 6.45) is 0. The summed E-state index contributed by atoms with van der Waals surface area (Å²) in [5.74, 6) is 2.72. The summed E-state index contributed by atoms with van der Waals surface area (Å²) in [4.78, 5) is 7.92. The fourth-order valence-electron chi connectivity index (χ4n) is 1.99. The number of anilines is 2. The summed E-state index contributed by atoms with van der Waals surface area (Å²) in [6.45, 7) is 9.78. The number of nitrogens with two attached hydrogens (primary N) is 1. The lowest BCUT2D eigenvalue weighted by molar-refractivity contribution is 0.304. The van der Waals surface area contributed by atoms with Crippen molar-refractivity contribution in [3.8, 4) is 0 Å². The van der Waals surface area contributed by atoms with Crippen LogP contribution in [0.5, 0.6) is 0 Å². The first-order valence-electron chi connectivity index (χ1n) is 5.94. The van der Waals surface area contributed by atoms with Gasteiger partial charge in [-0.05, 0) is 17.8 Å². The lowest BCUT2D eigenvalue weighted by Crippen LogP contribution is -2.25. The molecule has 0 saturated heterocycles. The molecule has 96 valence electrons. The SMILES string of the molecule is CC(C)C(CNc1cc(Cl)nc(N)n1)C(C)C. The summed E-state index contributed by atoms with van der Waals surface area (Å²) >= 11 is 5.82. The molecule has 0 saturated carbocycles. The van der Waals surface area contributed by atoms with Gasteiger partial charge in [-0.2, -0.15) is 4.98 Å².